The molecular formula is C14H14N2O3. The summed E-state index contributed by atoms with van der Waals surface area (Å²) >= 11 is 0. The Labute approximate surface area is 110 Å². The minimum absolute atomic E-state index is 0.0143. The van der Waals surface area contributed by atoms with Gasteiger partial charge in [-0.25, -0.2) is 4.98 Å². The van der Waals surface area contributed by atoms with Crippen LogP contribution >= 0.6 is 0 Å². The summed E-state index contributed by atoms with van der Waals surface area (Å²) in [5.41, 5.74) is 1.75. The number of oxazole rings is 1. The number of hydrogen-bond donors (Lipinski definition) is 1. The molecule has 0 radical (unpaired) electrons. The SMILES string of the molecule is CC(=O)c1ccc(NC(=O)c2oc(C)nc2C)cc1. The maximum atomic E-state index is 12.0. The number of amides is 1. The Morgan fingerprint density at radius 1 is 1.16 bits per heavy atom. The average molecular weight is 258 g/mol. The van der Waals surface area contributed by atoms with Crippen LogP contribution in [0.4, 0.5) is 5.69 Å². The molecule has 2 rings (SSSR count). The van der Waals surface area contributed by atoms with Crippen LogP contribution in [0.3, 0.4) is 0 Å². The molecule has 5 nitrogen and oxygen atoms in total. The summed E-state index contributed by atoms with van der Waals surface area (Å²) in [6.45, 7) is 4.89. The second-order valence-electron chi connectivity index (χ2n) is 4.24. The number of nitrogens with one attached hydrogen (secondary N) is 1. The highest BCUT2D eigenvalue weighted by Gasteiger charge is 2.15. The highest BCUT2D eigenvalue weighted by atomic mass is 16.4. The number of aryl methyl sites for hydroxylation is 2. The lowest BCUT2D eigenvalue weighted by Crippen LogP contribution is -2.12. The van der Waals surface area contributed by atoms with Crippen molar-refractivity contribution in [3.63, 3.8) is 0 Å². The van der Waals surface area contributed by atoms with Gasteiger partial charge in [0.1, 0.15) is 0 Å². The highest BCUT2D eigenvalue weighted by molar-refractivity contribution is 6.03. The molecular weight excluding hydrogens is 244 g/mol. The van der Waals surface area contributed by atoms with Gasteiger partial charge in [0.05, 0.1) is 5.69 Å². The third kappa shape index (κ3) is 2.88. The normalized spacial score (nSPS) is 10.3. The number of rotatable bonds is 3. The smallest absolute Gasteiger partial charge is 0.293 e. The van der Waals surface area contributed by atoms with Crippen LogP contribution in [-0.4, -0.2) is 16.7 Å². The van der Waals surface area contributed by atoms with Gasteiger partial charge in [0.25, 0.3) is 5.91 Å². The summed E-state index contributed by atoms with van der Waals surface area (Å²) in [5, 5.41) is 2.69. The topological polar surface area (TPSA) is 72.2 Å². The number of anilines is 1. The zero-order valence-corrected chi connectivity index (χ0v) is 11.0. The van der Waals surface area contributed by atoms with Crippen molar-refractivity contribution in [2.24, 2.45) is 0 Å². The Hall–Kier alpha value is -2.43. The summed E-state index contributed by atoms with van der Waals surface area (Å²) in [6, 6.07) is 6.67. The molecule has 0 bridgehead atoms. The minimum Gasteiger partial charge on any atom is -0.436 e. The molecule has 2 aromatic rings. The number of aromatic nitrogens is 1. The molecule has 0 aliphatic carbocycles. The van der Waals surface area contributed by atoms with Gasteiger partial charge in [0, 0.05) is 18.2 Å². The summed E-state index contributed by atoms with van der Waals surface area (Å²) in [4.78, 5) is 27.1. The monoisotopic (exact) mass is 258 g/mol. The van der Waals surface area contributed by atoms with E-state index in [1.807, 2.05) is 0 Å². The van der Waals surface area contributed by atoms with Crippen molar-refractivity contribution in [1.82, 2.24) is 4.98 Å². The molecule has 0 unspecified atom stereocenters. The van der Waals surface area contributed by atoms with Gasteiger partial charge in [-0.2, -0.15) is 0 Å². The molecule has 0 atom stereocenters. The first-order chi connectivity index (χ1) is 8.97. The van der Waals surface area contributed by atoms with Crippen LogP contribution in [0.2, 0.25) is 0 Å². The first-order valence-electron chi connectivity index (χ1n) is 5.84. The molecule has 0 spiro atoms. The molecule has 0 aliphatic rings. The van der Waals surface area contributed by atoms with Crippen molar-refractivity contribution in [3.05, 3.63) is 47.2 Å². The quantitative estimate of drug-likeness (QED) is 0.859. The van der Waals surface area contributed by atoms with E-state index in [0.717, 1.165) is 0 Å². The lowest BCUT2D eigenvalue weighted by atomic mass is 10.1. The first-order valence-corrected chi connectivity index (χ1v) is 5.84. The molecule has 1 N–H and O–H groups in total. The largest absolute Gasteiger partial charge is 0.436 e. The fourth-order valence-corrected chi connectivity index (χ4v) is 1.72. The van der Waals surface area contributed by atoms with Crippen molar-refractivity contribution in [2.75, 3.05) is 5.32 Å². The lowest BCUT2D eigenvalue weighted by molar-refractivity contribution is 0.0992. The van der Waals surface area contributed by atoms with Gasteiger partial charge in [-0.05, 0) is 38.1 Å². The second kappa shape index (κ2) is 5.06. The molecule has 98 valence electrons. The summed E-state index contributed by atoms with van der Waals surface area (Å²) < 4.78 is 5.23. The molecule has 5 heteroatoms. The van der Waals surface area contributed by atoms with Gasteiger partial charge in [0.15, 0.2) is 11.7 Å². The maximum Gasteiger partial charge on any atom is 0.293 e. The van der Waals surface area contributed by atoms with E-state index < -0.39 is 0 Å². The average Bonchev–Trinajstić information content (AvgIpc) is 2.69. The van der Waals surface area contributed by atoms with Crippen molar-refractivity contribution in [3.8, 4) is 0 Å². The van der Waals surface area contributed by atoms with E-state index in [1.54, 1.807) is 38.1 Å². The zero-order chi connectivity index (χ0) is 14.0. The number of Topliss-reactive ketones (excluding diaryl/α,β-unsaturated/α-hetero) is 1. The Morgan fingerprint density at radius 3 is 2.26 bits per heavy atom. The van der Waals surface area contributed by atoms with Gasteiger partial charge < -0.3 is 9.73 Å². The van der Waals surface area contributed by atoms with Crippen LogP contribution in [0.15, 0.2) is 28.7 Å². The van der Waals surface area contributed by atoms with Crippen LogP contribution in [0.5, 0.6) is 0 Å². The lowest BCUT2D eigenvalue weighted by Gasteiger charge is -2.04. The van der Waals surface area contributed by atoms with Crippen molar-refractivity contribution >= 4 is 17.4 Å². The predicted molar refractivity (Wildman–Crippen MR) is 70.4 cm³/mol. The number of nitrogens with zero attached hydrogens (tertiary/aromatic N) is 1. The Kier molecular flexibility index (Phi) is 3.46. The van der Waals surface area contributed by atoms with Crippen LogP contribution in [-0.2, 0) is 0 Å². The van der Waals surface area contributed by atoms with Crippen LogP contribution in [0.25, 0.3) is 0 Å². The zero-order valence-electron chi connectivity index (χ0n) is 11.0. The van der Waals surface area contributed by atoms with Crippen LogP contribution < -0.4 is 5.32 Å². The predicted octanol–water partition coefficient (Wildman–Crippen LogP) is 2.75. The number of hydrogen-bond acceptors (Lipinski definition) is 4. The Morgan fingerprint density at radius 2 is 1.79 bits per heavy atom. The van der Waals surface area contributed by atoms with Crippen molar-refractivity contribution in [1.29, 1.82) is 0 Å². The van der Waals surface area contributed by atoms with Crippen molar-refractivity contribution in [2.45, 2.75) is 20.8 Å². The first kappa shape index (κ1) is 13.0. The third-order valence-electron chi connectivity index (χ3n) is 2.66. The third-order valence-corrected chi connectivity index (χ3v) is 2.66. The Balaban J connectivity index is 2.15. The molecule has 1 amide bonds. The van der Waals surface area contributed by atoms with Gasteiger partial charge in [-0.1, -0.05) is 0 Å². The van der Waals surface area contributed by atoms with E-state index in [-0.39, 0.29) is 17.5 Å². The van der Waals surface area contributed by atoms with E-state index in [9.17, 15) is 9.59 Å². The molecule has 0 saturated carbocycles. The van der Waals surface area contributed by atoms with Gasteiger partial charge >= 0.3 is 0 Å². The van der Waals surface area contributed by atoms with Crippen LogP contribution in [0, 0.1) is 13.8 Å². The molecule has 1 heterocycles. The van der Waals surface area contributed by atoms with E-state index in [2.05, 4.69) is 10.3 Å². The molecule has 1 aromatic heterocycles. The van der Waals surface area contributed by atoms with Gasteiger partial charge in [-0.15, -0.1) is 0 Å². The molecule has 19 heavy (non-hydrogen) atoms. The van der Waals surface area contributed by atoms with Crippen molar-refractivity contribution < 1.29 is 14.0 Å². The van der Waals surface area contributed by atoms with E-state index >= 15 is 0 Å². The number of benzene rings is 1. The summed E-state index contributed by atoms with van der Waals surface area (Å²) in [5.74, 6) is 0.288. The summed E-state index contributed by atoms with van der Waals surface area (Å²) in [6.07, 6.45) is 0. The minimum atomic E-state index is -0.353. The maximum absolute atomic E-state index is 12.0. The molecule has 0 fully saturated rings. The van der Waals surface area contributed by atoms with E-state index in [1.165, 1.54) is 6.92 Å². The standard InChI is InChI=1S/C14H14N2O3/c1-8-13(19-10(3)15-8)14(18)16-12-6-4-11(5-7-12)9(2)17/h4-7H,1-3H3,(H,16,18). The fourth-order valence-electron chi connectivity index (χ4n) is 1.72. The molecule has 0 aliphatic heterocycles. The van der Waals surface area contributed by atoms with E-state index in [4.69, 9.17) is 4.42 Å². The van der Waals surface area contributed by atoms with Crippen LogP contribution in [0.1, 0.15) is 39.4 Å². The highest BCUT2D eigenvalue weighted by Crippen LogP contribution is 2.14. The summed E-state index contributed by atoms with van der Waals surface area (Å²) in [7, 11) is 0. The number of carbonyl (C=O) groups is 2. The Bertz CT molecular complexity index is 627. The van der Waals surface area contributed by atoms with Gasteiger partial charge in [-0.3, -0.25) is 9.59 Å². The van der Waals surface area contributed by atoms with Gasteiger partial charge in [0.2, 0.25) is 5.76 Å². The van der Waals surface area contributed by atoms with E-state index in [0.29, 0.717) is 22.8 Å². The second-order valence-corrected chi connectivity index (χ2v) is 4.24. The molecule has 1 aromatic carbocycles. The fraction of sp³-hybridized carbons (Fsp3) is 0.214. The number of carbonyl (C=O) groups excluding carboxylic acids is 2. The molecule has 0 saturated heterocycles. The number of ketones is 1.